The Labute approximate surface area is 198 Å². The van der Waals surface area contributed by atoms with Crippen LogP contribution < -0.4 is 0 Å². The normalized spacial score (nSPS) is 32.1. The van der Waals surface area contributed by atoms with Crippen molar-refractivity contribution < 1.29 is 4.48 Å². The molecule has 0 N–H and O–H groups in total. The van der Waals surface area contributed by atoms with Gasteiger partial charge in [0.15, 0.2) is 5.54 Å². The van der Waals surface area contributed by atoms with Crippen LogP contribution in [0.2, 0.25) is 0 Å². The summed E-state index contributed by atoms with van der Waals surface area (Å²) in [5.41, 5.74) is 3.68. The van der Waals surface area contributed by atoms with Crippen LogP contribution in [0.3, 0.4) is 0 Å². The summed E-state index contributed by atoms with van der Waals surface area (Å²) in [6.45, 7) is 1.15. The second-order valence-electron chi connectivity index (χ2n) is 10.9. The van der Waals surface area contributed by atoms with E-state index < -0.39 is 5.41 Å². The van der Waals surface area contributed by atoms with Crippen molar-refractivity contribution in [2.75, 3.05) is 7.05 Å². The van der Waals surface area contributed by atoms with Gasteiger partial charge in [0.25, 0.3) is 0 Å². The van der Waals surface area contributed by atoms with Crippen LogP contribution >= 0.6 is 0 Å². The van der Waals surface area contributed by atoms with E-state index in [0.717, 1.165) is 36.1 Å². The third-order valence-corrected chi connectivity index (χ3v) is 9.60. The van der Waals surface area contributed by atoms with Crippen LogP contribution in [0.4, 0.5) is 0 Å². The molecule has 1 spiro atoms. The highest BCUT2D eigenvalue weighted by molar-refractivity contribution is 5.46. The van der Waals surface area contributed by atoms with Crippen LogP contribution in [0.1, 0.15) is 48.8 Å². The summed E-state index contributed by atoms with van der Waals surface area (Å²) in [6, 6.07) is 35.7. The molecular formula is C31H33N2+. The minimum Gasteiger partial charge on any atom is -0.305 e. The van der Waals surface area contributed by atoms with Gasteiger partial charge in [-0.3, -0.25) is 0 Å². The van der Waals surface area contributed by atoms with E-state index in [1.807, 2.05) is 0 Å². The molecule has 2 aliphatic carbocycles. The average molecular weight is 434 g/mol. The van der Waals surface area contributed by atoms with Crippen LogP contribution in [-0.4, -0.2) is 23.1 Å². The van der Waals surface area contributed by atoms with Crippen LogP contribution in [0.15, 0.2) is 91.0 Å². The van der Waals surface area contributed by atoms with E-state index >= 15 is 0 Å². The average Bonchev–Trinajstić information content (AvgIpc) is 3.41. The topological polar surface area (TPSA) is 23.8 Å². The fourth-order valence-electron chi connectivity index (χ4n) is 7.96. The first-order valence-electron chi connectivity index (χ1n) is 12.5. The van der Waals surface area contributed by atoms with E-state index in [2.05, 4.69) is 104 Å². The van der Waals surface area contributed by atoms with E-state index in [9.17, 15) is 5.26 Å². The number of rotatable bonds is 6. The SMILES string of the molecule is C[N+]1(Cc2ccccc2)[C@H]2C[C@H](CC(C#N)(c3ccccc3)c3ccccc3)C[C@@H]3CCC321. The quantitative estimate of drug-likeness (QED) is 0.323. The molecule has 6 rings (SSSR count). The lowest BCUT2D eigenvalue weighted by molar-refractivity contribution is -0.842. The van der Waals surface area contributed by atoms with Gasteiger partial charge >= 0.3 is 0 Å². The number of likely N-dealkylation sites (tertiary alicyclic amines) is 1. The number of nitrogens with zero attached hydrogens (tertiary/aromatic N) is 2. The molecule has 1 aliphatic heterocycles. The summed E-state index contributed by atoms with van der Waals surface area (Å²) >= 11 is 0. The number of likely N-dealkylation sites (N-methyl/N-ethyl adjacent to an activating group) is 1. The van der Waals surface area contributed by atoms with Gasteiger partial charge in [-0.05, 0) is 36.3 Å². The Morgan fingerprint density at radius 2 is 1.45 bits per heavy atom. The van der Waals surface area contributed by atoms with E-state index in [4.69, 9.17) is 0 Å². The number of nitriles is 1. The van der Waals surface area contributed by atoms with Crippen molar-refractivity contribution in [3.8, 4) is 6.07 Å². The smallest absolute Gasteiger partial charge is 0.155 e. The Kier molecular flexibility index (Phi) is 4.75. The molecule has 166 valence electrons. The molecule has 3 aromatic rings. The lowest BCUT2D eigenvalue weighted by atomic mass is 9.58. The summed E-state index contributed by atoms with van der Waals surface area (Å²) in [5.74, 6) is 1.40. The van der Waals surface area contributed by atoms with E-state index in [-0.39, 0.29) is 0 Å². The van der Waals surface area contributed by atoms with Crippen LogP contribution in [-0.2, 0) is 12.0 Å². The first kappa shape index (κ1) is 20.7. The largest absolute Gasteiger partial charge is 0.305 e. The maximum Gasteiger partial charge on any atom is 0.155 e. The van der Waals surface area contributed by atoms with Gasteiger partial charge in [0, 0.05) is 24.3 Å². The highest BCUT2D eigenvalue weighted by Gasteiger charge is 2.84. The molecule has 33 heavy (non-hydrogen) atoms. The predicted octanol–water partition coefficient (Wildman–Crippen LogP) is 6.47. The molecule has 0 aromatic heterocycles. The first-order valence-corrected chi connectivity index (χ1v) is 12.5. The Morgan fingerprint density at radius 1 is 0.879 bits per heavy atom. The number of quaternary nitrogens is 1. The van der Waals surface area contributed by atoms with Gasteiger partial charge in [0.1, 0.15) is 18.0 Å². The zero-order valence-electron chi connectivity index (χ0n) is 19.5. The van der Waals surface area contributed by atoms with Crippen molar-refractivity contribution in [2.24, 2.45) is 11.8 Å². The van der Waals surface area contributed by atoms with Gasteiger partial charge in [-0.25, -0.2) is 0 Å². The fraction of sp³-hybridized carbons (Fsp3) is 0.387. The molecular weight excluding hydrogens is 400 g/mol. The van der Waals surface area contributed by atoms with Crippen molar-refractivity contribution >= 4 is 0 Å². The van der Waals surface area contributed by atoms with Crippen molar-refractivity contribution in [3.63, 3.8) is 0 Å². The van der Waals surface area contributed by atoms with Gasteiger partial charge < -0.3 is 4.48 Å². The van der Waals surface area contributed by atoms with Crippen molar-refractivity contribution in [2.45, 2.75) is 55.6 Å². The molecule has 0 bridgehead atoms. The summed E-state index contributed by atoms with van der Waals surface area (Å²) in [6.07, 6.45) is 6.21. The lowest BCUT2D eigenvalue weighted by Gasteiger charge is -2.42. The fourth-order valence-corrected chi connectivity index (χ4v) is 7.96. The number of hydrogen-bond acceptors (Lipinski definition) is 1. The predicted molar refractivity (Wildman–Crippen MR) is 132 cm³/mol. The summed E-state index contributed by atoms with van der Waals surface area (Å²) < 4.78 is 1.22. The van der Waals surface area contributed by atoms with Crippen LogP contribution in [0.5, 0.6) is 0 Å². The zero-order valence-corrected chi connectivity index (χ0v) is 19.5. The molecule has 3 aromatic carbocycles. The Hall–Kier alpha value is -2.89. The maximum atomic E-state index is 10.7. The Morgan fingerprint density at radius 3 is 1.97 bits per heavy atom. The van der Waals surface area contributed by atoms with Gasteiger partial charge in [-0.1, -0.05) is 91.0 Å². The third-order valence-electron chi connectivity index (χ3n) is 9.60. The Balaban J connectivity index is 1.31. The van der Waals surface area contributed by atoms with Crippen molar-refractivity contribution in [1.29, 1.82) is 5.26 Å². The minimum absolute atomic E-state index is 0.515. The van der Waals surface area contributed by atoms with Crippen LogP contribution in [0.25, 0.3) is 0 Å². The molecule has 3 aliphatic rings. The molecule has 2 unspecified atom stereocenters. The molecule has 2 heteroatoms. The molecule has 0 amide bonds. The van der Waals surface area contributed by atoms with E-state index in [1.165, 1.54) is 35.7 Å². The molecule has 5 atom stereocenters. The minimum atomic E-state index is -0.575. The van der Waals surface area contributed by atoms with Gasteiger partial charge in [0.05, 0.1) is 13.1 Å². The monoisotopic (exact) mass is 433 g/mol. The van der Waals surface area contributed by atoms with E-state index in [1.54, 1.807) is 0 Å². The molecule has 1 saturated heterocycles. The summed E-state index contributed by atoms with van der Waals surface area (Å²) in [5, 5.41) is 10.7. The van der Waals surface area contributed by atoms with Gasteiger partial charge in [0.2, 0.25) is 0 Å². The first-order chi connectivity index (χ1) is 16.1. The second-order valence-corrected chi connectivity index (χ2v) is 10.9. The van der Waals surface area contributed by atoms with Crippen molar-refractivity contribution in [1.82, 2.24) is 0 Å². The summed E-state index contributed by atoms with van der Waals surface area (Å²) in [7, 11) is 2.51. The Bertz CT molecular complexity index is 1130. The standard InChI is InChI=1S/C31H33N2/c1-33(22-24-11-5-2-6-12-24)29-20-25(19-28-17-18-31(28,29)33)21-30(23-32,26-13-7-3-8-14-26)27-15-9-4-10-16-27/h2-16,25,28-29H,17-22H2,1H3/q+1/t25-,28+,29+,31?,33?/m1/s1. The molecule has 2 saturated carbocycles. The van der Waals surface area contributed by atoms with Gasteiger partial charge in [-0.2, -0.15) is 5.26 Å². The van der Waals surface area contributed by atoms with E-state index in [0.29, 0.717) is 11.5 Å². The molecule has 0 radical (unpaired) electrons. The molecule has 2 nitrogen and oxygen atoms in total. The summed E-state index contributed by atoms with van der Waals surface area (Å²) in [4.78, 5) is 0. The zero-order chi connectivity index (χ0) is 22.5. The van der Waals surface area contributed by atoms with Gasteiger partial charge in [-0.15, -0.1) is 0 Å². The number of hydrogen-bond donors (Lipinski definition) is 0. The molecule has 1 heterocycles. The number of benzene rings is 3. The third kappa shape index (κ3) is 2.95. The molecule has 3 fully saturated rings. The van der Waals surface area contributed by atoms with Crippen LogP contribution in [0, 0.1) is 23.2 Å². The highest BCUT2D eigenvalue weighted by Crippen LogP contribution is 2.71. The lowest BCUT2D eigenvalue weighted by Crippen LogP contribution is -2.48. The second kappa shape index (κ2) is 7.57. The van der Waals surface area contributed by atoms with Crippen molar-refractivity contribution in [3.05, 3.63) is 108 Å². The maximum absolute atomic E-state index is 10.7. The highest BCUT2D eigenvalue weighted by atomic mass is 15.6.